The number of amides is 1. The smallest absolute Gasteiger partial charge is 0.264 e. The number of nitrogens with one attached hydrogen (secondary N) is 1. The summed E-state index contributed by atoms with van der Waals surface area (Å²) in [5.41, 5.74) is 1.29. The summed E-state index contributed by atoms with van der Waals surface area (Å²) in [5.74, 6) is -0.438. The van der Waals surface area contributed by atoms with Crippen LogP contribution < -0.4 is 9.62 Å². The normalized spacial score (nSPS) is 11.2. The Balaban J connectivity index is 1.77. The lowest BCUT2D eigenvalue weighted by Crippen LogP contribution is -2.41. The number of rotatable bonds is 8. The van der Waals surface area contributed by atoms with E-state index in [-0.39, 0.29) is 10.6 Å². The van der Waals surface area contributed by atoms with Crippen LogP contribution in [0.4, 0.5) is 5.69 Å². The summed E-state index contributed by atoms with van der Waals surface area (Å²) in [5, 5.41) is 4.17. The van der Waals surface area contributed by atoms with Crippen molar-refractivity contribution in [2.75, 3.05) is 17.4 Å². The zero-order valence-electron chi connectivity index (χ0n) is 16.3. The van der Waals surface area contributed by atoms with E-state index in [2.05, 4.69) is 5.32 Å². The Morgan fingerprint density at radius 1 is 0.839 bits per heavy atom. The first-order chi connectivity index (χ1) is 14.8. The Hall–Kier alpha value is -2.25. The van der Waals surface area contributed by atoms with Crippen molar-refractivity contribution >= 4 is 56.4 Å². The molecule has 3 rings (SSSR count). The van der Waals surface area contributed by atoms with Gasteiger partial charge in [-0.2, -0.15) is 0 Å². The van der Waals surface area contributed by atoms with Crippen LogP contribution >= 0.6 is 34.8 Å². The molecule has 0 radical (unpaired) electrons. The molecule has 0 spiro atoms. The maximum Gasteiger partial charge on any atom is 0.264 e. The minimum atomic E-state index is -4.02. The molecular formula is C22H19Cl3N2O3S. The molecule has 3 aromatic carbocycles. The molecule has 0 unspecified atom stereocenters. The van der Waals surface area contributed by atoms with Crippen LogP contribution in [0, 0.1) is 0 Å². The molecule has 0 aliphatic carbocycles. The molecule has 31 heavy (non-hydrogen) atoms. The van der Waals surface area contributed by atoms with Crippen LogP contribution in [0.2, 0.25) is 15.1 Å². The van der Waals surface area contributed by atoms with Gasteiger partial charge in [0, 0.05) is 21.6 Å². The van der Waals surface area contributed by atoms with E-state index in [9.17, 15) is 13.2 Å². The molecule has 162 valence electrons. The molecule has 3 aromatic rings. The highest BCUT2D eigenvalue weighted by Gasteiger charge is 2.27. The van der Waals surface area contributed by atoms with Crippen LogP contribution in [0.5, 0.6) is 0 Å². The van der Waals surface area contributed by atoms with Gasteiger partial charge in [0.05, 0.1) is 10.6 Å². The third-order valence-electron chi connectivity index (χ3n) is 4.43. The molecule has 0 saturated carbocycles. The van der Waals surface area contributed by atoms with E-state index in [1.165, 1.54) is 30.3 Å². The lowest BCUT2D eigenvalue weighted by Gasteiger charge is -2.24. The van der Waals surface area contributed by atoms with Gasteiger partial charge in [0.1, 0.15) is 6.54 Å². The number of carbonyl (C=O) groups is 1. The van der Waals surface area contributed by atoms with Gasteiger partial charge in [-0.05, 0) is 66.6 Å². The molecule has 0 aliphatic heterocycles. The Bertz CT molecular complexity index is 1150. The second-order valence-corrected chi connectivity index (χ2v) is 9.84. The molecule has 5 nitrogen and oxygen atoms in total. The molecular weight excluding hydrogens is 479 g/mol. The van der Waals surface area contributed by atoms with Crippen LogP contribution in [0.15, 0.2) is 77.7 Å². The van der Waals surface area contributed by atoms with E-state index in [4.69, 9.17) is 34.8 Å². The van der Waals surface area contributed by atoms with Gasteiger partial charge in [-0.25, -0.2) is 8.42 Å². The maximum absolute atomic E-state index is 13.3. The van der Waals surface area contributed by atoms with Crippen molar-refractivity contribution in [3.05, 3.63) is 93.4 Å². The monoisotopic (exact) mass is 496 g/mol. The predicted molar refractivity (Wildman–Crippen MR) is 126 cm³/mol. The molecule has 9 heteroatoms. The Morgan fingerprint density at radius 2 is 1.45 bits per heavy atom. The van der Waals surface area contributed by atoms with Gasteiger partial charge in [-0.3, -0.25) is 9.10 Å². The van der Waals surface area contributed by atoms with Crippen molar-refractivity contribution in [3.63, 3.8) is 0 Å². The standard InChI is InChI=1S/C22H19Cl3N2O3S/c23-17-6-4-16(5-7-17)12-13-26-22(28)15-27(20-3-1-2-19(25)14-20)31(29,30)21-10-8-18(24)9-11-21/h1-11,14H,12-13,15H2,(H,26,28). The van der Waals surface area contributed by atoms with Crippen LogP contribution in [-0.4, -0.2) is 27.4 Å². The first kappa shape index (κ1) is 23.4. The molecule has 0 bridgehead atoms. The number of halogens is 3. The minimum Gasteiger partial charge on any atom is -0.354 e. The van der Waals surface area contributed by atoms with Gasteiger partial charge in [0.2, 0.25) is 5.91 Å². The fraction of sp³-hybridized carbons (Fsp3) is 0.136. The van der Waals surface area contributed by atoms with Crippen molar-refractivity contribution in [1.29, 1.82) is 0 Å². The van der Waals surface area contributed by atoms with Gasteiger partial charge in [-0.1, -0.05) is 53.0 Å². The van der Waals surface area contributed by atoms with Crippen LogP contribution in [0.25, 0.3) is 0 Å². The maximum atomic E-state index is 13.3. The number of hydrogen-bond acceptors (Lipinski definition) is 3. The summed E-state index contributed by atoms with van der Waals surface area (Å²) in [6.07, 6.45) is 0.587. The van der Waals surface area contributed by atoms with Gasteiger partial charge in [0.15, 0.2) is 0 Å². The average molecular weight is 498 g/mol. The average Bonchev–Trinajstić information content (AvgIpc) is 2.73. The summed E-state index contributed by atoms with van der Waals surface area (Å²) < 4.78 is 27.6. The van der Waals surface area contributed by atoms with E-state index in [0.717, 1.165) is 9.87 Å². The third-order valence-corrected chi connectivity index (χ3v) is 6.96. The predicted octanol–water partition coefficient (Wildman–Crippen LogP) is 5.20. The minimum absolute atomic E-state index is 0.0193. The molecule has 0 atom stereocenters. The first-order valence-electron chi connectivity index (χ1n) is 9.31. The summed E-state index contributed by atoms with van der Waals surface area (Å²) in [4.78, 5) is 12.6. The van der Waals surface area contributed by atoms with Gasteiger partial charge >= 0.3 is 0 Å². The van der Waals surface area contributed by atoms with Crippen LogP contribution in [0.3, 0.4) is 0 Å². The van der Waals surface area contributed by atoms with Crippen LogP contribution in [-0.2, 0) is 21.2 Å². The number of nitrogens with zero attached hydrogens (tertiary/aromatic N) is 1. The zero-order chi connectivity index (χ0) is 22.4. The molecule has 0 fully saturated rings. The topological polar surface area (TPSA) is 66.5 Å². The Labute approximate surface area is 196 Å². The summed E-state index contributed by atoms with van der Waals surface area (Å²) in [7, 11) is -4.02. The van der Waals surface area contributed by atoms with E-state index in [1.54, 1.807) is 30.3 Å². The molecule has 1 N–H and O–H groups in total. The highest BCUT2D eigenvalue weighted by atomic mass is 35.5. The highest BCUT2D eigenvalue weighted by molar-refractivity contribution is 7.92. The van der Waals surface area contributed by atoms with Crippen molar-refractivity contribution < 1.29 is 13.2 Å². The number of hydrogen-bond donors (Lipinski definition) is 1. The van der Waals surface area contributed by atoms with E-state index in [1.807, 2.05) is 12.1 Å². The summed E-state index contributed by atoms with van der Waals surface area (Å²) >= 11 is 17.8. The molecule has 1 amide bonds. The number of carbonyl (C=O) groups excluding carboxylic acids is 1. The SMILES string of the molecule is O=C(CN(c1cccc(Cl)c1)S(=O)(=O)c1ccc(Cl)cc1)NCCc1ccc(Cl)cc1. The van der Waals surface area contributed by atoms with Gasteiger partial charge < -0.3 is 5.32 Å². The second-order valence-electron chi connectivity index (χ2n) is 6.67. The van der Waals surface area contributed by atoms with Crippen molar-refractivity contribution in [3.8, 4) is 0 Å². The third kappa shape index (κ3) is 6.37. The first-order valence-corrected chi connectivity index (χ1v) is 11.9. The van der Waals surface area contributed by atoms with Crippen molar-refractivity contribution in [2.45, 2.75) is 11.3 Å². The van der Waals surface area contributed by atoms with Crippen molar-refractivity contribution in [2.24, 2.45) is 0 Å². The Morgan fingerprint density at radius 3 is 2.06 bits per heavy atom. The molecule has 0 aromatic heterocycles. The van der Waals surface area contributed by atoms with E-state index < -0.39 is 22.5 Å². The lowest BCUT2D eigenvalue weighted by atomic mass is 10.1. The van der Waals surface area contributed by atoms with E-state index in [0.29, 0.717) is 28.0 Å². The van der Waals surface area contributed by atoms with E-state index >= 15 is 0 Å². The fourth-order valence-corrected chi connectivity index (χ4v) is 4.71. The largest absolute Gasteiger partial charge is 0.354 e. The lowest BCUT2D eigenvalue weighted by molar-refractivity contribution is -0.119. The number of benzene rings is 3. The van der Waals surface area contributed by atoms with Crippen molar-refractivity contribution in [1.82, 2.24) is 5.32 Å². The number of anilines is 1. The highest BCUT2D eigenvalue weighted by Crippen LogP contribution is 2.26. The second kappa shape index (κ2) is 10.4. The van der Waals surface area contributed by atoms with Gasteiger partial charge in [0.25, 0.3) is 10.0 Å². The quantitative estimate of drug-likeness (QED) is 0.465. The molecule has 0 aliphatic rings. The fourth-order valence-electron chi connectivity index (χ4n) is 2.86. The van der Waals surface area contributed by atoms with Crippen LogP contribution in [0.1, 0.15) is 5.56 Å². The zero-order valence-corrected chi connectivity index (χ0v) is 19.3. The summed E-state index contributed by atoms with van der Waals surface area (Å²) in [6, 6.07) is 19.4. The molecule has 0 heterocycles. The molecule has 0 saturated heterocycles. The number of sulfonamides is 1. The Kier molecular flexibility index (Phi) is 7.84. The van der Waals surface area contributed by atoms with Gasteiger partial charge in [-0.15, -0.1) is 0 Å². The summed E-state index contributed by atoms with van der Waals surface area (Å²) in [6.45, 7) is -0.0449.